The molecule has 0 aliphatic heterocycles. The smallest absolute Gasteiger partial charge is 0.335 e. The van der Waals surface area contributed by atoms with Gasteiger partial charge >= 0.3 is 5.97 Å². The highest BCUT2D eigenvalue weighted by molar-refractivity contribution is 5.94. The summed E-state index contributed by atoms with van der Waals surface area (Å²) in [7, 11) is 0. The number of pyridine rings is 1. The minimum atomic E-state index is -1.04. The van der Waals surface area contributed by atoms with Crippen LogP contribution in [0.5, 0.6) is 0 Å². The van der Waals surface area contributed by atoms with E-state index in [9.17, 15) is 24.6 Å². The van der Waals surface area contributed by atoms with Crippen LogP contribution in [-0.2, 0) is 17.9 Å². The zero-order valence-corrected chi connectivity index (χ0v) is 32.8. The monoisotopic (exact) mass is 723 g/mol. The molecule has 5 aliphatic carbocycles. The van der Waals surface area contributed by atoms with E-state index in [1.165, 1.54) is 43.2 Å². The number of nitrogens with one attached hydrogen (secondary N) is 2. The van der Waals surface area contributed by atoms with Crippen LogP contribution >= 0.6 is 0 Å². The fourth-order valence-electron chi connectivity index (χ4n) is 13.7. The maximum atomic E-state index is 14.7. The van der Waals surface area contributed by atoms with E-state index in [1.807, 2.05) is 18.2 Å². The lowest BCUT2D eigenvalue weighted by Crippen LogP contribution is -2.67. The van der Waals surface area contributed by atoms with Crippen molar-refractivity contribution in [1.82, 2.24) is 15.6 Å². The fourth-order valence-corrected chi connectivity index (χ4v) is 13.7. The highest BCUT2D eigenvalue weighted by Crippen LogP contribution is 2.77. The molecule has 2 aromatic rings. The Morgan fingerprint density at radius 2 is 1.60 bits per heavy atom. The maximum absolute atomic E-state index is 14.7. The molecular weight excluding hydrogens is 663 g/mol. The Labute approximate surface area is 316 Å². The predicted molar refractivity (Wildman–Crippen MR) is 206 cm³/mol. The average molecular weight is 724 g/mol. The van der Waals surface area contributed by atoms with Gasteiger partial charge in [0.15, 0.2) is 0 Å². The standard InChI is InChI=1S/C45H61N3O5/c1-27(2)32-13-19-45(40(53)48-25-28-9-8-10-29(23-28)38(50)47-26-31-24-30(39(51)52)16-22-46-31)21-20-43(6)33(37(32)45)11-12-35-42(5)17-15-36(49)41(3,4)34(42)14-18-44(35,43)7/h8-10,16,22-24,32-37,49H,1,11-15,17-21,25-26H2,2-7H3,(H,47,50)(H,48,53)(H,51,52). The van der Waals surface area contributed by atoms with E-state index in [1.54, 1.807) is 6.07 Å². The van der Waals surface area contributed by atoms with Gasteiger partial charge < -0.3 is 20.8 Å². The normalized spacial score (nSPS) is 38.3. The Bertz CT molecular complexity index is 1810. The second-order valence-electron chi connectivity index (χ2n) is 19.1. The van der Waals surface area contributed by atoms with Gasteiger partial charge in [0.2, 0.25) is 5.91 Å². The molecule has 0 bridgehead atoms. The number of carboxylic acids is 1. The number of carboxylic acid groups (broad SMARTS) is 1. The summed E-state index contributed by atoms with van der Waals surface area (Å²) in [5, 5.41) is 26.6. The number of aromatic carboxylic acids is 1. The molecule has 10 atom stereocenters. The molecule has 5 fully saturated rings. The first-order valence-corrected chi connectivity index (χ1v) is 20.1. The van der Waals surface area contributed by atoms with Crippen LogP contribution < -0.4 is 10.6 Å². The summed E-state index contributed by atoms with van der Waals surface area (Å²) in [6, 6.07) is 10.2. The molecule has 5 aliphatic rings. The number of fused-ring (bicyclic) bond motifs is 7. The second-order valence-corrected chi connectivity index (χ2v) is 19.1. The van der Waals surface area contributed by atoms with Crippen molar-refractivity contribution < 1.29 is 24.6 Å². The average Bonchev–Trinajstić information content (AvgIpc) is 3.53. The van der Waals surface area contributed by atoms with Crippen LogP contribution in [-0.4, -0.2) is 39.1 Å². The van der Waals surface area contributed by atoms with Gasteiger partial charge in [-0.2, -0.15) is 0 Å². The summed E-state index contributed by atoms with van der Waals surface area (Å²) in [6.07, 6.45) is 11.8. The van der Waals surface area contributed by atoms with E-state index in [0.717, 1.165) is 50.5 Å². The highest BCUT2D eigenvalue weighted by Gasteiger charge is 2.71. The van der Waals surface area contributed by atoms with Crippen LogP contribution in [0.15, 0.2) is 54.7 Å². The van der Waals surface area contributed by atoms with Crippen LogP contribution in [0.3, 0.4) is 0 Å². The first kappa shape index (κ1) is 37.8. The van der Waals surface area contributed by atoms with Crippen LogP contribution in [0.4, 0.5) is 0 Å². The topological polar surface area (TPSA) is 129 Å². The summed E-state index contributed by atoms with van der Waals surface area (Å²) in [5.74, 6) is 1.01. The molecule has 0 saturated heterocycles. The first-order valence-electron chi connectivity index (χ1n) is 20.1. The van der Waals surface area contributed by atoms with Crippen LogP contribution in [0.2, 0.25) is 0 Å². The summed E-state index contributed by atoms with van der Waals surface area (Å²) in [4.78, 5) is 43.3. The lowest BCUT2D eigenvalue weighted by atomic mass is 9.32. The molecule has 2 amide bonds. The molecule has 7 rings (SSSR count). The molecule has 4 N–H and O–H groups in total. The summed E-state index contributed by atoms with van der Waals surface area (Å²) in [6.45, 7) is 19.5. The Morgan fingerprint density at radius 3 is 2.34 bits per heavy atom. The maximum Gasteiger partial charge on any atom is 0.335 e. The number of rotatable bonds is 8. The molecule has 0 spiro atoms. The molecule has 10 unspecified atom stereocenters. The first-order chi connectivity index (χ1) is 25.0. The van der Waals surface area contributed by atoms with Crippen molar-refractivity contribution in [2.45, 2.75) is 125 Å². The van der Waals surface area contributed by atoms with Crippen molar-refractivity contribution in [3.63, 3.8) is 0 Å². The Balaban J connectivity index is 1.08. The van der Waals surface area contributed by atoms with E-state index in [4.69, 9.17) is 0 Å². The number of carbonyl (C=O) groups excluding carboxylic acids is 2. The van der Waals surface area contributed by atoms with Crippen molar-refractivity contribution >= 4 is 17.8 Å². The van der Waals surface area contributed by atoms with Gasteiger partial charge in [-0.05, 0) is 152 Å². The van der Waals surface area contributed by atoms with Gasteiger partial charge in [-0.1, -0.05) is 58.9 Å². The van der Waals surface area contributed by atoms with Crippen molar-refractivity contribution in [2.24, 2.45) is 56.7 Å². The van der Waals surface area contributed by atoms with Crippen molar-refractivity contribution in [3.8, 4) is 0 Å². The number of hydrogen-bond acceptors (Lipinski definition) is 5. The minimum Gasteiger partial charge on any atom is -0.478 e. The number of carbonyl (C=O) groups is 3. The summed E-state index contributed by atoms with van der Waals surface area (Å²) >= 11 is 0. The number of aliphatic hydroxyl groups is 1. The third kappa shape index (κ3) is 5.88. The quantitative estimate of drug-likeness (QED) is 0.203. The summed E-state index contributed by atoms with van der Waals surface area (Å²) in [5.41, 5.74) is 3.16. The molecule has 53 heavy (non-hydrogen) atoms. The zero-order chi connectivity index (χ0) is 38.1. The Morgan fingerprint density at radius 1 is 0.830 bits per heavy atom. The van der Waals surface area contributed by atoms with Crippen LogP contribution in [0.1, 0.15) is 138 Å². The molecule has 1 aromatic heterocycles. The fraction of sp³-hybridized carbons (Fsp3) is 0.644. The number of aliphatic hydroxyl groups excluding tert-OH is 1. The Hall–Kier alpha value is -3.52. The van der Waals surface area contributed by atoms with E-state index < -0.39 is 11.4 Å². The van der Waals surface area contributed by atoms with Gasteiger partial charge in [0.25, 0.3) is 5.91 Å². The van der Waals surface area contributed by atoms with Gasteiger partial charge in [0, 0.05) is 18.3 Å². The number of nitrogens with zero attached hydrogens (tertiary/aromatic N) is 1. The molecule has 0 radical (unpaired) electrons. The van der Waals surface area contributed by atoms with E-state index in [2.05, 4.69) is 63.7 Å². The SMILES string of the molecule is C=C(C)C1CCC2(C(=O)NCc3cccc(C(=O)NCc4cc(C(=O)O)ccn4)c3)CCC3(C)C(CCC4C5(C)CCC(O)C(C)(C)C5CCC43C)C12. The third-order valence-corrected chi connectivity index (χ3v) is 16.6. The van der Waals surface area contributed by atoms with Crippen LogP contribution in [0.25, 0.3) is 0 Å². The zero-order valence-electron chi connectivity index (χ0n) is 32.8. The summed E-state index contributed by atoms with van der Waals surface area (Å²) < 4.78 is 0. The molecule has 8 heteroatoms. The lowest BCUT2D eigenvalue weighted by molar-refractivity contribution is -0.246. The predicted octanol–water partition coefficient (Wildman–Crippen LogP) is 8.34. The van der Waals surface area contributed by atoms with Gasteiger partial charge in [0.1, 0.15) is 0 Å². The van der Waals surface area contributed by atoms with Crippen molar-refractivity contribution in [1.29, 1.82) is 0 Å². The number of aromatic nitrogens is 1. The van der Waals surface area contributed by atoms with E-state index in [0.29, 0.717) is 41.5 Å². The number of amides is 2. The molecular formula is C45H61N3O5. The van der Waals surface area contributed by atoms with Crippen LogP contribution in [0, 0.1) is 56.7 Å². The molecule has 8 nitrogen and oxygen atoms in total. The van der Waals surface area contributed by atoms with E-state index in [-0.39, 0.29) is 57.6 Å². The highest BCUT2D eigenvalue weighted by atomic mass is 16.4. The lowest BCUT2D eigenvalue weighted by Gasteiger charge is -2.72. The number of benzene rings is 1. The Kier molecular flexibility index (Phi) is 9.52. The van der Waals surface area contributed by atoms with Gasteiger partial charge in [-0.25, -0.2) is 4.79 Å². The van der Waals surface area contributed by atoms with Gasteiger partial charge in [-0.15, -0.1) is 0 Å². The largest absolute Gasteiger partial charge is 0.478 e. The molecule has 5 saturated carbocycles. The minimum absolute atomic E-state index is 0.0702. The molecule has 1 aromatic carbocycles. The second kappa shape index (κ2) is 13.3. The molecule has 1 heterocycles. The third-order valence-electron chi connectivity index (χ3n) is 16.6. The van der Waals surface area contributed by atoms with E-state index >= 15 is 0 Å². The number of allylic oxidation sites excluding steroid dienone is 1. The van der Waals surface area contributed by atoms with Crippen molar-refractivity contribution in [3.05, 3.63) is 77.1 Å². The van der Waals surface area contributed by atoms with Gasteiger partial charge in [0.05, 0.1) is 29.3 Å². The number of hydrogen-bond donors (Lipinski definition) is 4. The molecule has 286 valence electrons. The van der Waals surface area contributed by atoms with Gasteiger partial charge in [-0.3, -0.25) is 14.6 Å². The van der Waals surface area contributed by atoms with Crippen molar-refractivity contribution in [2.75, 3.05) is 0 Å².